The Bertz CT molecular complexity index is 502. The van der Waals surface area contributed by atoms with E-state index in [-0.39, 0.29) is 0 Å². The highest BCUT2D eigenvalue weighted by Crippen LogP contribution is 2.21. The van der Waals surface area contributed by atoms with Crippen LogP contribution in [0.1, 0.15) is 11.7 Å². The summed E-state index contributed by atoms with van der Waals surface area (Å²) in [5.74, 6) is 1.00. The van der Waals surface area contributed by atoms with Crippen molar-refractivity contribution in [3.63, 3.8) is 0 Å². The molecular formula is C12H15N3O2S. The van der Waals surface area contributed by atoms with Crippen molar-refractivity contribution in [3.05, 3.63) is 34.5 Å². The molecule has 0 saturated carbocycles. The number of aliphatic hydroxyl groups is 1. The van der Waals surface area contributed by atoms with Gasteiger partial charge in [-0.15, -0.1) is 0 Å². The first-order valence-electron chi connectivity index (χ1n) is 5.45. The fourth-order valence-corrected chi connectivity index (χ4v) is 2.19. The number of thiophene rings is 1. The van der Waals surface area contributed by atoms with Crippen LogP contribution in [0.2, 0.25) is 0 Å². The number of hydrogen-bond acceptors (Lipinski definition) is 6. The van der Waals surface area contributed by atoms with Gasteiger partial charge in [0.15, 0.2) is 5.82 Å². The van der Waals surface area contributed by atoms with Crippen LogP contribution in [0.3, 0.4) is 0 Å². The Morgan fingerprint density at radius 2 is 2.33 bits per heavy atom. The summed E-state index contributed by atoms with van der Waals surface area (Å²) in [4.78, 5) is 4.18. The van der Waals surface area contributed by atoms with Crippen molar-refractivity contribution >= 4 is 22.8 Å². The lowest BCUT2D eigenvalue weighted by Gasteiger charge is -2.13. The standard InChI is InChI=1S/C12H15N3O2S/c1-17-11-3-2-9(13)12(15-11)14-6-10(16)8-4-5-18-7-8/h2-5,7,10,16H,6,13H2,1H3,(H,14,15). The van der Waals surface area contributed by atoms with Gasteiger partial charge >= 0.3 is 0 Å². The molecule has 4 N–H and O–H groups in total. The van der Waals surface area contributed by atoms with Crippen molar-refractivity contribution in [3.8, 4) is 5.88 Å². The first kappa shape index (κ1) is 12.7. The molecule has 0 bridgehead atoms. The van der Waals surface area contributed by atoms with E-state index in [0.29, 0.717) is 23.9 Å². The third kappa shape index (κ3) is 2.91. The number of aromatic nitrogens is 1. The summed E-state index contributed by atoms with van der Waals surface area (Å²) >= 11 is 1.55. The zero-order valence-corrected chi connectivity index (χ0v) is 10.8. The Hall–Kier alpha value is -1.79. The minimum absolute atomic E-state index is 0.348. The average molecular weight is 265 g/mol. The summed E-state index contributed by atoms with van der Waals surface area (Å²) in [7, 11) is 1.54. The Kier molecular flexibility index (Phi) is 4.01. The van der Waals surface area contributed by atoms with Crippen molar-refractivity contribution in [1.82, 2.24) is 4.98 Å². The van der Waals surface area contributed by atoms with Crippen molar-refractivity contribution in [2.75, 3.05) is 24.7 Å². The molecule has 96 valence electrons. The Balaban J connectivity index is 2.01. The van der Waals surface area contributed by atoms with Crippen LogP contribution in [0.4, 0.5) is 11.5 Å². The Morgan fingerprint density at radius 1 is 1.50 bits per heavy atom. The zero-order valence-electron chi connectivity index (χ0n) is 9.96. The van der Waals surface area contributed by atoms with Crippen LogP contribution in [-0.4, -0.2) is 23.7 Å². The molecular weight excluding hydrogens is 250 g/mol. The molecule has 2 rings (SSSR count). The molecule has 18 heavy (non-hydrogen) atoms. The molecule has 0 spiro atoms. The van der Waals surface area contributed by atoms with Crippen LogP contribution in [0, 0.1) is 0 Å². The van der Waals surface area contributed by atoms with Gasteiger partial charge in [0.05, 0.1) is 18.9 Å². The molecule has 0 amide bonds. The average Bonchev–Trinajstić information content (AvgIpc) is 2.91. The predicted molar refractivity (Wildman–Crippen MR) is 73.0 cm³/mol. The van der Waals surface area contributed by atoms with Crippen LogP contribution in [0.15, 0.2) is 29.0 Å². The van der Waals surface area contributed by atoms with Crippen molar-refractivity contribution in [1.29, 1.82) is 0 Å². The van der Waals surface area contributed by atoms with Crippen LogP contribution in [0.25, 0.3) is 0 Å². The van der Waals surface area contributed by atoms with E-state index in [1.165, 1.54) is 0 Å². The van der Waals surface area contributed by atoms with E-state index >= 15 is 0 Å². The number of nitrogens with one attached hydrogen (secondary N) is 1. The van der Waals surface area contributed by atoms with Gasteiger partial charge in [-0.2, -0.15) is 16.3 Å². The molecule has 1 unspecified atom stereocenters. The van der Waals surface area contributed by atoms with E-state index in [1.807, 2.05) is 16.8 Å². The summed E-state index contributed by atoms with van der Waals surface area (Å²) in [5, 5.41) is 16.8. The zero-order chi connectivity index (χ0) is 13.0. The summed E-state index contributed by atoms with van der Waals surface area (Å²) < 4.78 is 5.02. The molecule has 1 atom stereocenters. The molecule has 0 aromatic carbocycles. The number of methoxy groups -OCH3 is 1. The number of nitrogen functional groups attached to an aromatic ring is 1. The van der Waals surface area contributed by atoms with Gasteiger partial charge in [0.25, 0.3) is 0 Å². The smallest absolute Gasteiger partial charge is 0.215 e. The van der Waals surface area contributed by atoms with Crippen LogP contribution in [-0.2, 0) is 0 Å². The highest BCUT2D eigenvalue weighted by atomic mass is 32.1. The molecule has 0 saturated heterocycles. The van der Waals surface area contributed by atoms with E-state index in [0.717, 1.165) is 5.56 Å². The number of ether oxygens (including phenoxy) is 1. The lowest BCUT2D eigenvalue weighted by molar-refractivity contribution is 0.192. The van der Waals surface area contributed by atoms with Crippen molar-refractivity contribution in [2.24, 2.45) is 0 Å². The lowest BCUT2D eigenvalue weighted by Crippen LogP contribution is -2.13. The maximum Gasteiger partial charge on any atom is 0.215 e. The summed E-state index contributed by atoms with van der Waals surface area (Å²) in [5.41, 5.74) is 7.19. The van der Waals surface area contributed by atoms with E-state index in [2.05, 4.69) is 10.3 Å². The molecule has 2 aromatic rings. The highest BCUT2D eigenvalue weighted by molar-refractivity contribution is 7.07. The summed E-state index contributed by atoms with van der Waals surface area (Å²) in [6.07, 6.45) is -0.580. The Morgan fingerprint density at radius 3 is 3.00 bits per heavy atom. The van der Waals surface area contributed by atoms with Gasteiger partial charge in [-0.1, -0.05) is 0 Å². The predicted octanol–water partition coefficient (Wildman–Crippen LogP) is 1.88. The minimum Gasteiger partial charge on any atom is -0.481 e. The molecule has 2 aromatic heterocycles. The SMILES string of the molecule is COc1ccc(N)c(NCC(O)c2ccsc2)n1. The normalized spacial score (nSPS) is 12.1. The topological polar surface area (TPSA) is 80.4 Å². The molecule has 0 radical (unpaired) electrons. The summed E-state index contributed by atoms with van der Waals surface area (Å²) in [6.45, 7) is 0.348. The minimum atomic E-state index is -0.580. The second-order valence-corrected chi connectivity index (χ2v) is 4.52. The maximum atomic E-state index is 9.93. The summed E-state index contributed by atoms with van der Waals surface area (Å²) in [6, 6.07) is 5.29. The molecule has 0 fully saturated rings. The molecule has 6 heteroatoms. The van der Waals surface area contributed by atoms with E-state index in [1.54, 1.807) is 30.6 Å². The number of rotatable bonds is 5. The van der Waals surface area contributed by atoms with Gasteiger partial charge in [-0.25, -0.2) is 0 Å². The fraction of sp³-hybridized carbons (Fsp3) is 0.250. The van der Waals surface area contributed by atoms with Gasteiger partial charge in [0, 0.05) is 12.6 Å². The third-order valence-corrected chi connectivity index (χ3v) is 3.20. The van der Waals surface area contributed by atoms with E-state index in [9.17, 15) is 5.11 Å². The molecule has 0 aliphatic rings. The first-order chi connectivity index (χ1) is 8.70. The van der Waals surface area contributed by atoms with Crippen molar-refractivity contribution in [2.45, 2.75) is 6.10 Å². The maximum absolute atomic E-state index is 9.93. The van der Waals surface area contributed by atoms with Gasteiger partial charge in [0.2, 0.25) is 5.88 Å². The quantitative estimate of drug-likeness (QED) is 0.769. The number of hydrogen-bond donors (Lipinski definition) is 3. The fourth-order valence-electron chi connectivity index (χ4n) is 1.48. The van der Waals surface area contributed by atoms with Crippen LogP contribution in [0.5, 0.6) is 5.88 Å². The second kappa shape index (κ2) is 5.70. The number of aliphatic hydroxyl groups excluding tert-OH is 1. The van der Waals surface area contributed by atoms with Gasteiger partial charge in [-0.3, -0.25) is 0 Å². The van der Waals surface area contributed by atoms with E-state index < -0.39 is 6.10 Å². The monoisotopic (exact) mass is 265 g/mol. The Labute approximate surface area is 109 Å². The highest BCUT2D eigenvalue weighted by Gasteiger charge is 2.09. The molecule has 0 aliphatic heterocycles. The van der Waals surface area contributed by atoms with Crippen LogP contribution >= 0.6 is 11.3 Å². The van der Waals surface area contributed by atoms with Gasteiger partial charge in [0.1, 0.15) is 0 Å². The van der Waals surface area contributed by atoms with E-state index in [4.69, 9.17) is 10.5 Å². The van der Waals surface area contributed by atoms with Crippen LogP contribution < -0.4 is 15.8 Å². The first-order valence-corrected chi connectivity index (χ1v) is 6.39. The van der Waals surface area contributed by atoms with Gasteiger partial charge in [-0.05, 0) is 28.5 Å². The van der Waals surface area contributed by atoms with Crippen molar-refractivity contribution < 1.29 is 9.84 Å². The number of pyridine rings is 1. The number of anilines is 2. The second-order valence-electron chi connectivity index (χ2n) is 3.74. The van der Waals surface area contributed by atoms with Gasteiger partial charge < -0.3 is 20.9 Å². The lowest BCUT2D eigenvalue weighted by atomic mass is 10.2. The molecule has 0 aliphatic carbocycles. The molecule has 2 heterocycles. The largest absolute Gasteiger partial charge is 0.481 e. The number of nitrogens with zero attached hydrogens (tertiary/aromatic N) is 1. The molecule has 5 nitrogen and oxygen atoms in total. The number of nitrogens with two attached hydrogens (primary N) is 1. The third-order valence-electron chi connectivity index (χ3n) is 2.50.